The molecule has 1 aromatic carbocycles. The lowest BCUT2D eigenvalue weighted by Gasteiger charge is -2.22. The van der Waals surface area contributed by atoms with E-state index in [1.807, 2.05) is 12.3 Å². The Hall–Kier alpha value is -2.00. The average Bonchev–Trinajstić information content (AvgIpc) is 2.85. The summed E-state index contributed by atoms with van der Waals surface area (Å²) in [5.41, 5.74) is 5.97. The smallest absolute Gasteiger partial charge is 0.141 e. The van der Waals surface area contributed by atoms with Crippen LogP contribution in [0, 0.1) is 12.8 Å². The molecule has 22 heavy (non-hydrogen) atoms. The Labute approximate surface area is 132 Å². The summed E-state index contributed by atoms with van der Waals surface area (Å²) in [5.74, 6) is 0.551. The molecule has 0 aliphatic carbocycles. The van der Waals surface area contributed by atoms with Gasteiger partial charge in [-0.05, 0) is 47.2 Å². The second-order valence-corrected chi connectivity index (χ2v) is 6.51. The van der Waals surface area contributed by atoms with E-state index in [-0.39, 0.29) is 6.04 Å². The van der Waals surface area contributed by atoms with Gasteiger partial charge in [0.2, 0.25) is 0 Å². The molecule has 2 aromatic rings. The third kappa shape index (κ3) is 2.69. The Morgan fingerprint density at radius 2 is 2.18 bits per heavy atom. The summed E-state index contributed by atoms with van der Waals surface area (Å²) in [5, 5.41) is 0. The Balaban J connectivity index is 2.02. The number of hydrogen-bond donors (Lipinski definition) is 0. The second-order valence-electron chi connectivity index (χ2n) is 6.51. The van der Waals surface area contributed by atoms with Crippen molar-refractivity contribution in [2.45, 2.75) is 33.4 Å². The molecule has 3 heteroatoms. The minimum Gasteiger partial charge on any atom is -0.301 e. The van der Waals surface area contributed by atoms with Crippen molar-refractivity contribution in [3.63, 3.8) is 0 Å². The number of nitrogens with zero attached hydrogens (tertiary/aromatic N) is 2. The van der Waals surface area contributed by atoms with Gasteiger partial charge in [0.05, 0.1) is 6.04 Å². The van der Waals surface area contributed by atoms with Crippen LogP contribution in [0.4, 0.5) is 0 Å². The second kappa shape index (κ2) is 6.01. The average molecular weight is 294 g/mol. The number of aryl methyl sites for hydroxylation is 1. The van der Waals surface area contributed by atoms with Gasteiger partial charge in [-0.3, -0.25) is 9.88 Å². The van der Waals surface area contributed by atoms with Crippen LogP contribution in [0.2, 0.25) is 0 Å². The zero-order chi connectivity index (χ0) is 15.7. The Morgan fingerprint density at radius 1 is 1.36 bits per heavy atom. The van der Waals surface area contributed by atoms with Crippen molar-refractivity contribution in [1.29, 1.82) is 0 Å². The maximum atomic E-state index is 11.6. The van der Waals surface area contributed by atoms with Crippen LogP contribution in [0.5, 0.6) is 0 Å². The van der Waals surface area contributed by atoms with Gasteiger partial charge in [0.25, 0.3) is 0 Å². The Kier molecular flexibility index (Phi) is 4.08. The zero-order valence-electron chi connectivity index (χ0n) is 13.4. The normalized spacial score (nSPS) is 17.7. The third-order valence-corrected chi connectivity index (χ3v) is 4.26. The van der Waals surface area contributed by atoms with Crippen LogP contribution in [0.15, 0.2) is 36.7 Å². The fourth-order valence-corrected chi connectivity index (χ4v) is 3.43. The minimum atomic E-state index is -0.0969. The van der Waals surface area contributed by atoms with E-state index in [1.165, 1.54) is 22.3 Å². The van der Waals surface area contributed by atoms with Gasteiger partial charge in [0.15, 0.2) is 0 Å². The summed E-state index contributed by atoms with van der Waals surface area (Å²) in [6.07, 6.45) is 4.76. The van der Waals surface area contributed by atoms with Crippen LogP contribution in [-0.2, 0) is 11.3 Å². The molecule has 2 heterocycles. The van der Waals surface area contributed by atoms with Crippen LogP contribution in [0.25, 0.3) is 11.1 Å². The first-order valence-corrected chi connectivity index (χ1v) is 7.83. The molecule has 3 nitrogen and oxygen atoms in total. The van der Waals surface area contributed by atoms with Gasteiger partial charge >= 0.3 is 0 Å². The molecule has 1 unspecified atom stereocenters. The number of carbonyl (C=O) groups excluding carboxylic acids is 1. The lowest BCUT2D eigenvalue weighted by molar-refractivity contribution is -0.112. The molecule has 0 spiro atoms. The van der Waals surface area contributed by atoms with Gasteiger partial charge in [-0.25, -0.2) is 0 Å². The number of fused-ring (bicyclic) bond motifs is 1. The van der Waals surface area contributed by atoms with Crippen LogP contribution < -0.4 is 0 Å². The molecular formula is C19H22N2O. The van der Waals surface area contributed by atoms with Gasteiger partial charge in [-0.1, -0.05) is 26.0 Å². The number of aromatic nitrogens is 1. The highest BCUT2D eigenvalue weighted by Crippen LogP contribution is 2.37. The Bertz CT molecular complexity index is 679. The van der Waals surface area contributed by atoms with Crippen molar-refractivity contribution in [1.82, 2.24) is 9.88 Å². The van der Waals surface area contributed by atoms with Crippen molar-refractivity contribution >= 4 is 6.29 Å². The van der Waals surface area contributed by atoms with E-state index in [4.69, 9.17) is 0 Å². The maximum absolute atomic E-state index is 11.6. The maximum Gasteiger partial charge on any atom is 0.141 e. The number of hydrogen-bond acceptors (Lipinski definition) is 3. The molecule has 114 valence electrons. The highest BCUT2D eigenvalue weighted by molar-refractivity contribution is 5.71. The van der Waals surface area contributed by atoms with Gasteiger partial charge in [-0.2, -0.15) is 0 Å². The molecule has 0 saturated carbocycles. The molecule has 0 saturated heterocycles. The van der Waals surface area contributed by atoms with E-state index in [0.717, 1.165) is 24.9 Å². The molecule has 1 aliphatic heterocycles. The van der Waals surface area contributed by atoms with Gasteiger partial charge in [-0.15, -0.1) is 0 Å². The van der Waals surface area contributed by atoms with Gasteiger partial charge in [0.1, 0.15) is 6.29 Å². The number of carbonyl (C=O) groups is 1. The fraction of sp³-hybridized carbons (Fsp3) is 0.368. The summed E-state index contributed by atoms with van der Waals surface area (Å²) in [7, 11) is 0. The highest BCUT2D eigenvalue weighted by Gasteiger charge is 2.31. The largest absolute Gasteiger partial charge is 0.301 e. The van der Waals surface area contributed by atoms with E-state index in [1.54, 1.807) is 6.20 Å². The number of rotatable bonds is 4. The first-order chi connectivity index (χ1) is 10.6. The van der Waals surface area contributed by atoms with Gasteiger partial charge < -0.3 is 4.79 Å². The summed E-state index contributed by atoms with van der Waals surface area (Å²) in [6, 6.07) is 8.32. The van der Waals surface area contributed by atoms with Crippen LogP contribution in [-0.4, -0.2) is 22.7 Å². The number of aldehydes is 1. The van der Waals surface area contributed by atoms with Crippen LogP contribution in [0.1, 0.15) is 36.6 Å². The van der Waals surface area contributed by atoms with Crippen LogP contribution >= 0.6 is 0 Å². The first-order valence-electron chi connectivity index (χ1n) is 7.83. The van der Waals surface area contributed by atoms with Crippen molar-refractivity contribution in [2.24, 2.45) is 5.92 Å². The topological polar surface area (TPSA) is 33.2 Å². The molecule has 0 radical (unpaired) electrons. The summed E-state index contributed by atoms with van der Waals surface area (Å²) >= 11 is 0. The standard InChI is InChI=1S/C19H22N2O/c1-13(2)10-21-11-17-8-16(15-5-4-6-20-9-15)7-14(3)19(17)18(21)12-22/h4-9,12-13,18H,10-11H2,1-3H3. The molecule has 0 N–H and O–H groups in total. The number of pyridine rings is 1. The highest BCUT2D eigenvalue weighted by atomic mass is 16.1. The fourth-order valence-electron chi connectivity index (χ4n) is 3.43. The lowest BCUT2D eigenvalue weighted by atomic mass is 9.94. The first kappa shape index (κ1) is 14.9. The van der Waals surface area contributed by atoms with Crippen LogP contribution in [0.3, 0.4) is 0 Å². The molecular weight excluding hydrogens is 272 g/mol. The monoisotopic (exact) mass is 294 g/mol. The summed E-state index contributed by atoms with van der Waals surface area (Å²) in [6.45, 7) is 8.29. The SMILES string of the molecule is Cc1cc(-c2cccnc2)cc2c1C(C=O)N(CC(C)C)C2. The van der Waals surface area contributed by atoms with E-state index in [0.29, 0.717) is 5.92 Å². The van der Waals surface area contributed by atoms with E-state index < -0.39 is 0 Å². The summed E-state index contributed by atoms with van der Waals surface area (Å²) in [4.78, 5) is 18.1. The quantitative estimate of drug-likeness (QED) is 0.805. The third-order valence-electron chi connectivity index (χ3n) is 4.26. The number of benzene rings is 1. The van der Waals surface area contributed by atoms with E-state index in [2.05, 4.69) is 48.9 Å². The molecule has 0 amide bonds. The molecule has 0 bridgehead atoms. The van der Waals surface area contributed by atoms with Crippen molar-refractivity contribution < 1.29 is 4.79 Å². The summed E-state index contributed by atoms with van der Waals surface area (Å²) < 4.78 is 0. The van der Waals surface area contributed by atoms with Crippen molar-refractivity contribution in [2.75, 3.05) is 6.54 Å². The molecule has 3 rings (SSSR count). The Morgan fingerprint density at radius 3 is 2.82 bits per heavy atom. The zero-order valence-corrected chi connectivity index (χ0v) is 13.4. The van der Waals surface area contributed by atoms with E-state index in [9.17, 15) is 4.79 Å². The molecule has 1 aliphatic rings. The van der Waals surface area contributed by atoms with Crippen molar-refractivity contribution in [3.8, 4) is 11.1 Å². The molecule has 1 aromatic heterocycles. The minimum absolute atomic E-state index is 0.0969. The predicted molar refractivity (Wildman–Crippen MR) is 88.5 cm³/mol. The predicted octanol–water partition coefficient (Wildman–Crippen LogP) is 3.77. The van der Waals surface area contributed by atoms with Gasteiger partial charge in [0, 0.05) is 31.0 Å². The van der Waals surface area contributed by atoms with E-state index >= 15 is 0 Å². The molecule has 1 atom stereocenters. The van der Waals surface area contributed by atoms with Crippen molar-refractivity contribution in [3.05, 3.63) is 53.3 Å². The molecule has 0 fully saturated rings. The lowest BCUT2D eigenvalue weighted by Crippen LogP contribution is -2.27.